The Hall–Kier alpha value is -8.85. The van der Waals surface area contributed by atoms with E-state index in [1.54, 1.807) is 0 Å². The van der Waals surface area contributed by atoms with E-state index < -0.39 is 5.41 Å². The van der Waals surface area contributed by atoms with Crippen molar-refractivity contribution < 1.29 is 0 Å². The molecular formula is C60H39N5. The Morgan fingerprint density at radius 1 is 0.385 bits per heavy atom. The number of nitriles is 1. The lowest BCUT2D eigenvalue weighted by Gasteiger charge is -2.37. The Morgan fingerprint density at radius 3 is 1.42 bits per heavy atom. The summed E-state index contributed by atoms with van der Waals surface area (Å²) < 4.78 is 4.57. The van der Waals surface area contributed by atoms with E-state index in [1.807, 2.05) is 12.1 Å². The highest BCUT2D eigenvalue weighted by Gasteiger charge is 2.38. The minimum atomic E-state index is -0.589. The average Bonchev–Trinajstić information content (AvgIpc) is 3.90. The lowest BCUT2D eigenvalue weighted by Crippen LogP contribution is -2.30. The maximum Gasteiger partial charge on any atom is 0.162 e. The Balaban J connectivity index is 1.10. The summed E-state index contributed by atoms with van der Waals surface area (Å²) in [6, 6.07) is 85.6. The van der Waals surface area contributed by atoms with E-state index in [0.29, 0.717) is 11.4 Å². The molecule has 0 saturated carbocycles. The van der Waals surface area contributed by atoms with Gasteiger partial charge in [-0.05, 0) is 64.7 Å². The molecule has 0 fully saturated rings. The summed E-state index contributed by atoms with van der Waals surface area (Å²) in [6.45, 7) is 0. The van der Waals surface area contributed by atoms with Crippen molar-refractivity contribution in [2.24, 2.45) is 0 Å². The van der Waals surface area contributed by atoms with Gasteiger partial charge in [-0.1, -0.05) is 188 Å². The predicted molar refractivity (Wildman–Crippen MR) is 265 cm³/mol. The van der Waals surface area contributed by atoms with Gasteiger partial charge in [-0.25, -0.2) is 9.97 Å². The average molecular weight is 830 g/mol. The molecule has 0 aliphatic heterocycles. The van der Waals surface area contributed by atoms with Gasteiger partial charge in [-0.3, -0.25) is 4.57 Å². The predicted octanol–water partition coefficient (Wildman–Crippen LogP) is 14.3. The molecule has 9 aromatic carbocycles. The van der Waals surface area contributed by atoms with Crippen LogP contribution in [0.3, 0.4) is 0 Å². The van der Waals surface area contributed by atoms with Crippen LogP contribution in [0.15, 0.2) is 237 Å². The number of aromatic nitrogens is 4. The molecule has 0 aliphatic rings. The Bertz CT molecular complexity index is 3620. The van der Waals surface area contributed by atoms with Crippen LogP contribution in [0.25, 0.3) is 77.8 Å². The van der Waals surface area contributed by atoms with Crippen LogP contribution in [0, 0.1) is 11.3 Å². The minimum absolute atomic E-state index is 0.589. The molecule has 0 amide bonds. The largest absolute Gasteiger partial charge is 0.309 e. The lowest BCUT2D eigenvalue weighted by molar-refractivity contribution is 0.745. The standard InChI is InChI=1S/C60H39N5/c61-40-41-32-37-57-51(38-41)49-26-12-14-28-53(49)64(57)56-31-17-13-27-50(56)52-39-58(65-54-29-15-10-24-47(54)48-25-11-16-30-55(48)65)63-59(62-52)42-33-35-46(36-34-42)60(43-18-4-1-5-19-43,44-20-6-2-7-21-44)45-22-8-3-9-23-45/h1-39H. The first-order valence-electron chi connectivity index (χ1n) is 21.9. The highest BCUT2D eigenvalue weighted by molar-refractivity contribution is 6.11. The van der Waals surface area contributed by atoms with Crippen LogP contribution in [0.2, 0.25) is 0 Å². The second-order valence-electron chi connectivity index (χ2n) is 16.4. The molecule has 0 unspecified atom stereocenters. The fourth-order valence-electron chi connectivity index (χ4n) is 10.1. The van der Waals surface area contributed by atoms with Crippen LogP contribution < -0.4 is 0 Å². The summed E-state index contributed by atoms with van der Waals surface area (Å²) in [5.41, 5.74) is 12.6. The van der Waals surface area contributed by atoms with Gasteiger partial charge in [0.2, 0.25) is 0 Å². The summed E-state index contributed by atoms with van der Waals surface area (Å²) in [4.78, 5) is 11.0. The molecule has 0 bridgehead atoms. The van der Waals surface area contributed by atoms with Crippen molar-refractivity contribution in [2.45, 2.75) is 5.41 Å². The third-order valence-electron chi connectivity index (χ3n) is 12.9. The SMILES string of the molecule is N#Cc1ccc2c(c1)c1ccccc1n2-c1ccccc1-c1cc(-n2c3ccccc3c3ccccc32)nc(-c2ccc(C(c3ccccc3)(c3ccccc3)c3ccccc3)cc2)n1. The molecule has 3 heterocycles. The van der Waals surface area contributed by atoms with Crippen molar-refractivity contribution >= 4 is 43.6 Å². The summed E-state index contributed by atoms with van der Waals surface area (Å²) in [5, 5.41) is 14.3. The molecule has 65 heavy (non-hydrogen) atoms. The van der Waals surface area contributed by atoms with Gasteiger partial charge in [-0.2, -0.15) is 5.26 Å². The van der Waals surface area contributed by atoms with E-state index in [1.165, 1.54) is 16.7 Å². The monoisotopic (exact) mass is 829 g/mol. The number of hydrogen-bond acceptors (Lipinski definition) is 3. The van der Waals surface area contributed by atoms with Crippen LogP contribution in [-0.2, 0) is 5.41 Å². The summed E-state index contributed by atoms with van der Waals surface area (Å²) in [7, 11) is 0. The van der Waals surface area contributed by atoms with E-state index in [0.717, 1.165) is 77.5 Å². The Morgan fingerprint density at radius 2 is 0.846 bits per heavy atom. The third kappa shape index (κ3) is 6.07. The quantitative estimate of drug-likeness (QED) is 0.143. The maximum absolute atomic E-state index is 9.88. The van der Waals surface area contributed by atoms with Gasteiger partial charge >= 0.3 is 0 Å². The van der Waals surface area contributed by atoms with Crippen LogP contribution in [0.5, 0.6) is 0 Å². The number of nitrogens with zero attached hydrogens (tertiary/aromatic N) is 5. The maximum atomic E-state index is 9.88. The fourth-order valence-corrected chi connectivity index (χ4v) is 10.1. The van der Waals surface area contributed by atoms with Gasteiger partial charge in [-0.15, -0.1) is 0 Å². The molecule has 3 aromatic heterocycles. The third-order valence-corrected chi connectivity index (χ3v) is 12.9. The first-order chi connectivity index (χ1) is 32.2. The molecule has 5 heteroatoms. The van der Waals surface area contributed by atoms with Crippen LogP contribution in [0.1, 0.15) is 27.8 Å². The number of para-hydroxylation sites is 4. The van der Waals surface area contributed by atoms with Crippen LogP contribution in [-0.4, -0.2) is 19.1 Å². The summed E-state index contributed by atoms with van der Waals surface area (Å²) in [6.07, 6.45) is 0. The molecule has 12 rings (SSSR count). The van der Waals surface area contributed by atoms with Gasteiger partial charge in [0, 0.05) is 38.7 Å². The summed E-state index contributed by atoms with van der Waals surface area (Å²) >= 11 is 0. The van der Waals surface area contributed by atoms with Crippen LogP contribution in [0.4, 0.5) is 0 Å². The fraction of sp³-hybridized carbons (Fsp3) is 0.0167. The van der Waals surface area contributed by atoms with Crippen molar-refractivity contribution in [1.82, 2.24) is 19.1 Å². The molecule has 0 radical (unpaired) electrons. The molecule has 12 aromatic rings. The number of hydrogen-bond donors (Lipinski definition) is 0. The Kier molecular flexibility index (Phi) is 9.03. The van der Waals surface area contributed by atoms with E-state index in [4.69, 9.17) is 9.97 Å². The molecule has 0 N–H and O–H groups in total. The Labute approximate surface area is 376 Å². The molecule has 5 nitrogen and oxygen atoms in total. The number of benzene rings is 9. The molecule has 0 atom stereocenters. The van der Waals surface area contributed by atoms with E-state index in [2.05, 4.69) is 240 Å². The van der Waals surface area contributed by atoms with Crippen molar-refractivity contribution in [2.75, 3.05) is 0 Å². The first-order valence-corrected chi connectivity index (χ1v) is 21.9. The zero-order chi connectivity index (χ0) is 43.3. The minimum Gasteiger partial charge on any atom is -0.309 e. The number of rotatable bonds is 8. The molecule has 0 spiro atoms. The highest BCUT2D eigenvalue weighted by atomic mass is 15.1. The topological polar surface area (TPSA) is 59.4 Å². The molecule has 304 valence electrons. The van der Waals surface area contributed by atoms with Crippen molar-refractivity contribution in [3.63, 3.8) is 0 Å². The zero-order valence-corrected chi connectivity index (χ0v) is 35.3. The van der Waals surface area contributed by atoms with E-state index in [-0.39, 0.29) is 0 Å². The molecule has 0 aliphatic carbocycles. The van der Waals surface area contributed by atoms with Gasteiger partial charge in [0.15, 0.2) is 5.82 Å². The van der Waals surface area contributed by atoms with Crippen molar-refractivity contribution in [3.8, 4) is 40.2 Å². The second-order valence-corrected chi connectivity index (χ2v) is 16.4. The highest BCUT2D eigenvalue weighted by Crippen LogP contribution is 2.46. The van der Waals surface area contributed by atoms with Crippen molar-refractivity contribution in [3.05, 3.63) is 264 Å². The lowest BCUT2D eigenvalue weighted by atomic mass is 9.65. The van der Waals surface area contributed by atoms with Crippen molar-refractivity contribution in [1.29, 1.82) is 5.26 Å². The number of fused-ring (bicyclic) bond motifs is 6. The van der Waals surface area contributed by atoms with Gasteiger partial charge in [0.05, 0.1) is 50.5 Å². The summed E-state index contributed by atoms with van der Waals surface area (Å²) in [5.74, 6) is 1.39. The van der Waals surface area contributed by atoms with Gasteiger partial charge in [0.1, 0.15) is 5.82 Å². The first kappa shape index (κ1) is 37.9. The van der Waals surface area contributed by atoms with E-state index in [9.17, 15) is 5.26 Å². The molecular weight excluding hydrogens is 791 g/mol. The van der Waals surface area contributed by atoms with Gasteiger partial charge < -0.3 is 4.57 Å². The normalized spacial score (nSPS) is 11.7. The van der Waals surface area contributed by atoms with Gasteiger partial charge in [0.25, 0.3) is 0 Å². The van der Waals surface area contributed by atoms with E-state index >= 15 is 0 Å². The second kappa shape index (κ2) is 15.5. The smallest absolute Gasteiger partial charge is 0.162 e. The van der Waals surface area contributed by atoms with Crippen LogP contribution >= 0.6 is 0 Å². The molecule has 0 saturated heterocycles. The zero-order valence-electron chi connectivity index (χ0n) is 35.3.